The third-order valence-electron chi connectivity index (χ3n) is 10.7. The smallest absolute Gasteiger partial charge is 0.507 e. The first-order valence-corrected chi connectivity index (χ1v) is 21.2. The molecule has 0 bridgehead atoms. The van der Waals surface area contributed by atoms with Crippen molar-refractivity contribution in [2.75, 3.05) is 10.6 Å². The number of anilines is 2. The molecule has 0 fully saturated rings. The summed E-state index contributed by atoms with van der Waals surface area (Å²) in [6, 6.07) is 46.0. The summed E-state index contributed by atoms with van der Waals surface area (Å²) in [5, 5.41) is 67.7. The van der Waals surface area contributed by atoms with E-state index in [2.05, 4.69) is 72.6 Å². The van der Waals surface area contributed by atoms with Crippen molar-refractivity contribution in [2.24, 2.45) is 20.5 Å². The van der Waals surface area contributed by atoms with Crippen LogP contribution in [0.5, 0.6) is 23.0 Å². The van der Waals surface area contributed by atoms with Gasteiger partial charge in [-0.2, -0.15) is 0 Å². The number of carbonyl (C=O) groups is 2. The number of benzene rings is 8. The fraction of sp³-hybridized carbons (Fsp3) is 0.148. The molecule has 8 aromatic carbocycles. The van der Waals surface area contributed by atoms with Gasteiger partial charge in [0.25, 0.3) is 11.8 Å². The van der Waals surface area contributed by atoms with Crippen molar-refractivity contribution in [2.45, 2.75) is 52.4 Å². The number of hydrogen-bond donors (Lipinski definition) is 6. The SMILES string of the molecule is CC(C)(C)c1ccc(O)c(N=Nc2c(C(=O)Nc3ccccc3)c(O)cc3ccccc23)c1.CC(C)(C)c1ccc(O)c(N=Nc2c(C(=O)Nc3ccccc3)c(O)cc3ccccc23)c1.[Fe].[H+]. The fourth-order valence-corrected chi connectivity index (χ4v) is 7.06. The van der Waals surface area contributed by atoms with Crippen LogP contribution in [0, 0.1) is 0 Å². The maximum absolute atomic E-state index is 13.1. The molecule has 340 valence electrons. The molecule has 0 aromatic heterocycles. The second-order valence-electron chi connectivity index (χ2n) is 17.6. The van der Waals surface area contributed by atoms with Crippen LogP contribution in [0.2, 0.25) is 0 Å². The number of phenols is 4. The topological polar surface area (TPSA) is 189 Å². The van der Waals surface area contributed by atoms with E-state index in [4.69, 9.17) is 0 Å². The van der Waals surface area contributed by atoms with Crippen molar-refractivity contribution in [3.8, 4) is 23.0 Å². The van der Waals surface area contributed by atoms with Crippen LogP contribution in [0.1, 0.15) is 74.8 Å². The summed E-state index contributed by atoms with van der Waals surface area (Å²) in [6.07, 6.45) is 0. The number of azo groups is 2. The first kappa shape index (κ1) is 48.6. The van der Waals surface area contributed by atoms with E-state index in [9.17, 15) is 30.0 Å². The average molecular weight is 936 g/mol. The zero-order valence-electron chi connectivity index (χ0n) is 38.8. The van der Waals surface area contributed by atoms with E-state index in [-0.39, 0.29) is 86.2 Å². The average Bonchev–Trinajstić information content (AvgIpc) is 3.28. The van der Waals surface area contributed by atoms with Gasteiger partial charge in [-0.25, -0.2) is 0 Å². The van der Waals surface area contributed by atoms with Gasteiger partial charge in [0.15, 0.2) is 0 Å². The Morgan fingerprint density at radius 2 is 0.776 bits per heavy atom. The fourth-order valence-electron chi connectivity index (χ4n) is 7.06. The van der Waals surface area contributed by atoms with Crippen molar-refractivity contribution < 1.29 is 48.5 Å². The van der Waals surface area contributed by atoms with Gasteiger partial charge < -0.3 is 31.1 Å². The maximum Gasteiger partial charge on any atom is 1.00 e. The van der Waals surface area contributed by atoms with Crippen molar-refractivity contribution in [1.82, 2.24) is 0 Å². The molecule has 0 saturated carbocycles. The van der Waals surface area contributed by atoms with Gasteiger partial charge in [0.1, 0.15) is 56.9 Å². The molecule has 0 aliphatic rings. The first-order valence-electron chi connectivity index (χ1n) is 21.2. The molecule has 0 aliphatic heterocycles. The molecule has 0 radical (unpaired) electrons. The Morgan fingerprint density at radius 1 is 0.433 bits per heavy atom. The van der Waals surface area contributed by atoms with Gasteiger partial charge in [-0.3, -0.25) is 9.59 Å². The van der Waals surface area contributed by atoms with Crippen LogP contribution in [0.15, 0.2) is 178 Å². The van der Waals surface area contributed by atoms with Crippen molar-refractivity contribution in [1.29, 1.82) is 0 Å². The van der Waals surface area contributed by atoms with Crippen LogP contribution in [0.3, 0.4) is 0 Å². The Morgan fingerprint density at radius 3 is 1.13 bits per heavy atom. The number of para-hydroxylation sites is 2. The summed E-state index contributed by atoms with van der Waals surface area (Å²) in [5.74, 6) is -1.47. The van der Waals surface area contributed by atoms with Crippen molar-refractivity contribution >= 4 is 67.5 Å². The normalized spacial score (nSPS) is 11.6. The molecule has 8 aromatic rings. The molecule has 0 unspecified atom stereocenters. The third kappa shape index (κ3) is 11.5. The second-order valence-corrected chi connectivity index (χ2v) is 17.6. The van der Waals surface area contributed by atoms with Crippen molar-refractivity contribution in [3.63, 3.8) is 0 Å². The van der Waals surface area contributed by atoms with Crippen LogP contribution in [0.4, 0.5) is 34.1 Å². The predicted molar refractivity (Wildman–Crippen MR) is 263 cm³/mol. The molecular formula is C54H51FeN6O6+. The van der Waals surface area contributed by atoms with Gasteiger partial charge >= 0.3 is 1.43 Å². The van der Waals surface area contributed by atoms with Crippen LogP contribution < -0.4 is 10.6 Å². The van der Waals surface area contributed by atoms with E-state index < -0.39 is 11.8 Å². The standard InChI is InChI=1S/2C27H25N3O3.Fe/c2*1-27(2,3)18-13-14-22(31)21(16-18)29-30-25-20-12-8-7-9-17(20)15-23(32)24(25)26(33)28-19-10-5-4-6-11-19;/h2*4-16,31-32H,1-3H3,(H,28,33);/p+1. The summed E-state index contributed by atoms with van der Waals surface area (Å²) in [5.41, 5.74) is 3.89. The molecule has 13 heteroatoms. The van der Waals surface area contributed by atoms with Crippen LogP contribution in [-0.2, 0) is 27.9 Å². The molecule has 67 heavy (non-hydrogen) atoms. The number of aromatic hydroxyl groups is 4. The number of hydrogen-bond acceptors (Lipinski definition) is 10. The molecule has 6 N–H and O–H groups in total. The number of carbonyl (C=O) groups excluding carboxylic acids is 2. The number of fused-ring (bicyclic) bond motifs is 2. The second kappa shape index (κ2) is 20.5. The van der Waals surface area contributed by atoms with Crippen LogP contribution in [0.25, 0.3) is 21.5 Å². The van der Waals surface area contributed by atoms with E-state index in [1.807, 2.05) is 97.1 Å². The van der Waals surface area contributed by atoms with E-state index >= 15 is 0 Å². The minimum absolute atomic E-state index is 0. The van der Waals surface area contributed by atoms with E-state index in [1.54, 1.807) is 48.5 Å². The van der Waals surface area contributed by atoms with Gasteiger partial charge in [-0.05, 0) is 93.4 Å². The van der Waals surface area contributed by atoms with E-state index in [1.165, 1.54) is 12.1 Å². The van der Waals surface area contributed by atoms with Gasteiger partial charge in [0.05, 0.1) is 0 Å². The van der Waals surface area contributed by atoms with E-state index in [0.29, 0.717) is 32.9 Å². The third-order valence-corrected chi connectivity index (χ3v) is 10.7. The largest absolute Gasteiger partial charge is 1.00 e. The van der Waals surface area contributed by atoms with Gasteiger partial charge in [-0.1, -0.05) is 139 Å². The number of rotatable bonds is 8. The zero-order chi connectivity index (χ0) is 47.2. The minimum atomic E-state index is -0.508. The number of nitrogens with zero attached hydrogens (tertiary/aromatic N) is 4. The molecule has 0 spiro atoms. The summed E-state index contributed by atoms with van der Waals surface area (Å²) < 4.78 is 0. The molecule has 0 atom stereocenters. The minimum Gasteiger partial charge on any atom is -0.507 e. The summed E-state index contributed by atoms with van der Waals surface area (Å²) >= 11 is 0. The van der Waals surface area contributed by atoms with E-state index in [0.717, 1.165) is 11.1 Å². The Labute approximate surface area is 400 Å². The number of amides is 2. The summed E-state index contributed by atoms with van der Waals surface area (Å²) in [6.45, 7) is 12.4. The molecule has 0 saturated heterocycles. The predicted octanol–water partition coefficient (Wildman–Crippen LogP) is 14.5. The van der Waals surface area contributed by atoms with Gasteiger partial charge in [0, 0.05) is 39.2 Å². The Kier molecular flexibility index (Phi) is 14.9. The van der Waals surface area contributed by atoms with Crippen LogP contribution in [-0.4, -0.2) is 32.2 Å². The Balaban J connectivity index is 0.000000247. The maximum atomic E-state index is 13.1. The molecule has 8 rings (SSSR count). The van der Waals surface area contributed by atoms with Gasteiger partial charge in [-0.15, -0.1) is 20.5 Å². The Bertz CT molecular complexity index is 2940. The molecule has 12 nitrogen and oxygen atoms in total. The number of phenolic OH excluding ortho intramolecular Hbond substituents is 4. The van der Waals surface area contributed by atoms with Crippen molar-refractivity contribution in [3.05, 3.63) is 180 Å². The molecule has 2 amide bonds. The molecular weight excluding hydrogens is 884 g/mol. The van der Waals surface area contributed by atoms with Gasteiger partial charge in [0.2, 0.25) is 0 Å². The first-order chi connectivity index (χ1) is 31.5. The quantitative estimate of drug-likeness (QED) is 0.0649. The Hall–Kier alpha value is -7.86. The monoisotopic (exact) mass is 935 g/mol. The summed E-state index contributed by atoms with van der Waals surface area (Å²) in [7, 11) is 0. The molecule has 0 heterocycles. The van der Waals surface area contributed by atoms with Crippen LogP contribution >= 0.6 is 0 Å². The zero-order valence-corrected chi connectivity index (χ0v) is 38.9. The summed E-state index contributed by atoms with van der Waals surface area (Å²) in [4.78, 5) is 26.3. The number of nitrogens with one attached hydrogen (secondary N) is 2. The molecule has 0 aliphatic carbocycles.